The number of pyridine rings is 1. The maximum absolute atomic E-state index is 12.7. The number of likely N-dealkylation sites (N-methyl/N-ethyl adjacent to an activating group) is 1. The van der Waals surface area contributed by atoms with Crippen molar-refractivity contribution >= 4 is 11.6 Å². The third-order valence-electron chi connectivity index (χ3n) is 5.97. The van der Waals surface area contributed by atoms with Crippen LogP contribution in [0.2, 0.25) is 0 Å². The Labute approximate surface area is 161 Å². The van der Waals surface area contributed by atoms with Crippen molar-refractivity contribution < 1.29 is 9.53 Å². The fraction of sp³-hybridized carbons (Fsp3) is 0.455. The molecule has 0 saturated carbocycles. The van der Waals surface area contributed by atoms with Gasteiger partial charge in [-0.05, 0) is 50.5 Å². The molecule has 4 rings (SSSR count). The van der Waals surface area contributed by atoms with Gasteiger partial charge in [0, 0.05) is 31.5 Å². The minimum absolute atomic E-state index is 0.0319. The van der Waals surface area contributed by atoms with Crippen molar-refractivity contribution in [2.45, 2.75) is 37.8 Å². The van der Waals surface area contributed by atoms with Gasteiger partial charge >= 0.3 is 0 Å². The first-order valence-corrected chi connectivity index (χ1v) is 9.71. The predicted octanol–water partition coefficient (Wildman–Crippen LogP) is 3.29. The highest BCUT2D eigenvalue weighted by Gasteiger charge is 2.44. The normalized spacial score (nSPS) is 21.4. The predicted molar refractivity (Wildman–Crippen MR) is 106 cm³/mol. The highest BCUT2D eigenvalue weighted by molar-refractivity contribution is 5.92. The molecule has 2 saturated heterocycles. The van der Waals surface area contributed by atoms with E-state index in [9.17, 15) is 4.79 Å². The van der Waals surface area contributed by atoms with Gasteiger partial charge < -0.3 is 14.5 Å². The smallest absolute Gasteiger partial charge is 0.272 e. The number of carbonyl (C=O) groups excluding carboxylic acids is 1. The number of piperidine rings is 1. The summed E-state index contributed by atoms with van der Waals surface area (Å²) in [5, 5.41) is 0. The Morgan fingerprint density at radius 1 is 1.15 bits per heavy atom. The Morgan fingerprint density at radius 2 is 1.89 bits per heavy atom. The summed E-state index contributed by atoms with van der Waals surface area (Å²) < 4.78 is 6.29. The minimum Gasteiger partial charge on any atom is -0.373 e. The Kier molecular flexibility index (Phi) is 4.87. The van der Waals surface area contributed by atoms with Gasteiger partial charge in [0.05, 0.1) is 18.2 Å². The molecule has 2 aromatic rings. The number of aryl methyl sites for hydroxylation is 1. The van der Waals surface area contributed by atoms with Crippen LogP contribution in [0.5, 0.6) is 0 Å². The first-order valence-electron chi connectivity index (χ1n) is 9.71. The zero-order valence-electron chi connectivity index (χ0n) is 16.1. The second-order valence-electron chi connectivity index (χ2n) is 7.75. The molecule has 3 heterocycles. The van der Waals surface area contributed by atoms with E-state index in [4.69, 9.17) is 4.74 Å². The van der Waals surface area contributed by atoms with Crippen molar-refractivity contribution in [2.24, 2.45) is 0 Å². The van der Waals surface area contributed by atoms with Crippen molar-refractivity contribution in [3.63, 3.8) is 0 Å². The van der Waals surface area contributed by atoms with E-state index < -0.39 is 0 Å². The lowest BCUT2D eigenvalue weighted by atomic mass is 9.87. The molecule has 2 aliphatic rings. The third-order valence-corrected chi connectivity index (χ3v) is 5.97. The summed E-state index contributed by atoms with van der Waals surface area (Å²) >= 11 is 0. The van der Waals surface area contributed by atoms with Crippen LogP contribution >= 0.6 is 0 Å². The maximum atomic E-state index is 12.7. The summed E-state index contributed by atoms with van der Waals surface area (Å²) in [5.41, 5.74) is 2.55. The van der Waals surface area contributed by atoms with Gasteiger partial charge in [0.2, 0.25) is 0 Å². The lowest BCUT2D eigenvalue weighted by Gasteiger charge is -2.39. The fourth-order valence-electron chi connectivity index (χ4n) is 4.23. The van der Waals surface area contributed by atoms with Crippen molar-refractivity contribution in [2.75, 3.05) is 31.6 Å². The van der Waals surface area contributed by atoms with E-state index in [1.54, 1.807) is 6.07 Å². The quantitative estimate of drug-likeness (QED) is 0.837. The molecule has 0 N–H and O–H groups in total. The SMILES string of the molecule is Cc1cccc(C(=O)N2CCC3(CC2)C[C@@H](N(C)c2ccccc2)CO3)n1. The largest absolute Gasteiger partial charge is 0.373 e. The van der Waals surface area contributed by atoms with Crippen LogP contribution in [0.25, 0.3) is 0 Å². The van der Waals surface area contributed by atoms with Crippen LogP contribution in [0.15, 0.2) is 48.5 Å². The van der Waals surface area contributed by atoms with Crippen LogP contribution in [-0.2, 0) is 4.74 Å². The minimum atomic E-state index is -0.0927. The van der Waals surface area contributed by atoms with Gasteiger partial charge in [-0.2, -0.15) is 0 Å². The van der Waals surface area contributed by atoms with E-state index in [0.717, 1.165) is 44.7 Å². The number of likely N-dealkylation sites (tertiary alicyclic amines) is 1. The number of hydrogen-bond donors (Lipinski definition) is 0. The van der Waals surface area contributed by atoms with Gasteiger partial charge in [-0.15, -0.1) is 0 Å². The summed E-state index contributed by atoms with van der Waals surface area (Å²) in [6, 6.07) is 16.5. The van der Waals surface area contributed by atoms with E-state index in [1.165, 1.54) is 5.69 Å². The topological polar surface area (TPSA) is 45.7 Å². The van der Waals surface area contributed by atoms with Crippen molar-refractivity contribution in [3.05, 3.63) is 59.9 Å². The second-order valence-corrected chi connectivity index (χ2v) is 7.75. The number of hydrogen-bond acceptors (Lipinski definition) is 4. The standard InChI is InChI=1S/C22H27N3O2/c1-17-7-6-10-20(23-17)21(26)25-13-11-22(12-14-25)15-19(16-27-22)24(2)18-8-4-3-5-9-18/h3-10,19H,11-16H2,1-2H3/t19-/m1/s1. The highest BCUT2D eigenvalue weighted by atomic mass is 16.5. The molecule has 0 bridgehead atoms. The molecule has 5 heteroatoms. The Morgan fingerprint density at radius 3 is 2.59 bits per heavy atom. The molecule has 27 heavy (non-hydrogen) atoms. The molecule has 1 atom stereocenters. The number of aromatic nitrogens is 1. The lowest BCUT2D eigenvalue weighted by molar-refractivity contribution is -0.0389. The number of anilines is 1. The molecule has 1 amide bonds. The Hall–Kier alpha value is -2.40. The number of para-hydroxylation sites is 1. The van der Waals surface area contributed by atoms with E-state index in [0.29, 0.717) is 11.7 Å². The molecule has 142 valence electrons. The number of amides is 1. The zero-order valence-corrected chi connectivity index (χ0v) is 16.1. The van der Waals surface area contributed by atoms with Crippen molar-refractivity contribution in [1.82, 2.24) is 9.88 Å². The van der Waals surface area contributed by atoms with Gasteiger partial charge in [0.25, 0.3) is 5.91 Å². The zero-order chi connectivity index (χ0) is 18.9. The first-order chi connectivity index (χ1) is 13.1. The van der Waals surface area contributed by atoms with Gasteiger partial charge in [-0.25, -0.2) is 4.98 Å². The van der Waals surface area contributed by atoms with Crippen molar-refractivity contribution in [3.8, 4) is 0 Å². The summed E-state index contributed by atoms with van der Waals surface area (Å²) in [6.07, 6.45) is 2.80. The Bertz CT molecular complexity index is 800. The highest BCUT2D eigenvalue weighted by Crippen LogP contribution is 2.38. The van der Waals surface area contributed by atoms with E-state index in [1.807, 2.05) is 30.0 Å². The molecule has 1 spiro atoms. The fourth-order valence-corrected chi connectivity index (χ4v) is 4.23. The molecule has 0 unspecified atom stereocenters. The Balaban J connectivity index is 1.37. The average molecular weight is 365 g/mol. The summed E-state index contributed by atoms with van der Waals surface area (Å²) in [5.74, 6) is 0.0319. The summed E-state index contributed by atoms with van der Waals surface area (Å²) in [7, 11) is 2.14. The van der Waals surface area contributed by atoms with E-state index >= 15 is 0 Å². The maximum Gasteiger partial charge on any atom is 0.272 e. The van der Waals surface area contributed by atoms with Gasteiger partial charge in [0.1, 0.15) is 5.69 Å². The average Bonchev–Trinajstić information content (AvgIpc) is 3.12. The molecule has 5 nitrogen and oxygen atoms in total. The summed E-state index contributed by atoms with van der Waals surface area (Å²) in [4.78, 5) is 21.3. The van der Waals surface area contributed by atoms with Crippen LogP contribution in [0.1, 0.15) is 35.4 Å². The number of benzene rings is 1. The van der Waals surface area contributed by atoms with Crippen LogP contribution in [-0.4, -0.2) is 54.2 Å². The summed E-state index contributed by atoms with van der Waals surface area (Å²) in [6.45, 7) is 4.13. The van der Waals surface area contributed by atoms with E-state index in [2.05, 4.69) is 41.2 Å². The van der Waals surface area contributed by atoms with Gasteiger partial charge in [-0.1, -0.05) is 24.3 Å². The molecule has 0 aliphatic carbocycles. The third kappa shape index (κ3) is 3.69. The lowest BCUT2D eigenvalue weighted by Crippen LogP contribution is -2.47. The van der Waals surface area contributed by atoms with Crippen LogP contribution in [0, 0.1) is 6.92 Å². The van der Waals surface area contributed by atoms with Crippen LogP contribution < -0.4 is 4.90 Å². The van der Waals surface area contributed by atoms with Crippen molar-refractivity contribution in [1.29, 1.82) is 0 Å². The molecular formula is C22H27N3O2. The molecule has 1 aromatic carbocycles. The van der Waals surface area contributed by atoms with E-state index in [-0.39, 0.29) is 11.5 Å². The second kappa shape index (κ2) is 7.31. The molecule has 0 radical (unpaired) electrons. The number of nitrogens with zero attached hydrogens (tertiary/aromatic N) is 3. The number of carbonyl (C=O) groups is 1. The first kappa shape index (κ1) is 18.0. The van der Waals surface area contributed by atoms with Gasteiger partial charge in [-0.3, -0.25) is 4.79 Å². The van der Waals surface area contributed by atoms with Gasteiger partial charge in [0.15, 0.2) is 0 Å². The van der Waals surface area contributed by atoms with Crippen LogP contribution in [0.3, 0.4) is 0 Å². The molecule has 1 aromatic heterocycles. The molecule has 2 fully saturated rings. The molecular weight excluding hydrogens is 338 g/mol. The number of rotatable bonds is 3. The molecule has 2 aliphatic heterocycles. The number of ether oxygens (including phenoxy) is 1. The monoisotopic (exact) mass is 365 g/mol. The van der Waals surface area contributed by atoms with Crippen LogP contribution in [0.4, 0.5) is 5.69 Å².